The van der Waals surface area contributed by atoms with Gasteiger partial charge in [-0.1, -0.05) is 30.3 Å². The number of hydrogen-bond donors (Lipinski definition) is 2. The minimum Gasteiger partial charge on any atom is -0.465 e. The SMILES string of the molecule is COC(=O)c1ccc(/C=C(\C#N)C(=O)NCCc2c[nH]c3ccccc23)cc1. The van der Waals surface area contributed by atoms with E-state index in [0.29, 0.717) is 24.1 Å². The number of nitriles is 1. The van der Waals surface area contributed by atoms with Crippen LogP contribution in [-0.2, 0) is 16.0 Å². The van der Waals surface area contributed by atoms with Gasteiger partial charge in [-0.15, -0.1) is 0 Å². The summed E-state index contributed by atoms with van der Waals surface area (Å²) in [4.78, 5) is 27.0. The van der Waals surface area contributed by atoms with Crippen molar-refractivity contribution in [2.45, 2.75) is 6.42 Å². The summed E-state index contributed by atoms with van der Waals surface area (Å²) >= 11 is 0. The smallest absolute Gasteiger partial charge is 0.337 e. The van der Waals surface area contributed by atoms with Crippen molar-refractivity contribution in [3.05, 3.63) is 77.0 Å². The zero-order valence-electron chi connectivity index (χ0n) is 15.4. The number of H-pyrrole nitrogens is 1. The summed E-state index contributed by atoms with van der Waals surface area (Å²) in [6.45, 7) is 0.418. The number of aromatic amines is 1. The van der Waals surface area contributed by atoms with Crippen molar-refractivity contribution in [1.29, 1.82) is 5.26 Å². The Morgan fingerprint density at radius 1 is 1.18 bits per heavy atom. The number of hydrogen-bond acceptors (Lipinski definition) is 4. The van der Waals surface area contributed by atoms with E-state index in [-0.39, 0.29) is 5.57 Å². The Morgan fingerprint density at radius 2 is 1.93 bits per heavy atom. The van der Waals surface area contributed by atoms with Gasteiger partial charge in [0.1, 0.15) is 11.6 Å². The zero-order valence-corrected chi connectivity index (χ0v) is 15.4. The van der Waals surface area contributed by atoms with Gasteiger partial charge < -0.3 is 15.0 Å². The first-order valence-electron chi connectivity index (χ1n) is 8.75. The molecule has 0 saturated heterocycles. The zero-order chi connectivity index (χ0) is 19.9. The summed E-state index contributed by atoms with van der Waals surface area (Å²) in [5.41, 5.74) is 3.22. The molecule has 140 valence electrons. The molecular formula is C22H19N3O3. The largest absolute Gasteiger partial charge is 0.465 e. The molecule has 1 heterocycles. The van der Waals surface area contributed by atoms with Crippen LogP contribution in [0.25, 0.3) is 17.0 Å². The number of amides is 1. The highest BCUT2D eigenvalue weighted by molar-refractivity contribution is 6.01. The highest BCUT2D eigenvalue weighted by atomic mass is 16.5. The fourth-order valence-corrected chi connectivity index (χ4v) is 2.89. The van der Waals surface area contributed by atoms with Crippen molar-refractivity contribution in [2.75, 3.05) is 13.7 Å². The molecule has 0 atom stereocenters. The van der Waals surface area contributed by atoms with Crippen molar-refractivity contribution in [1.82, 2.24) is 10.3 Å². The molecule has 0 aliphatic carbocycles. The molecule has 6 heteroatoms. The molecule has 0 unspecified atom stereocenters. The van der Waals surface area contributed by atoms with Crippen molar-refractivity contribution in [3.8, 4) is 6.07 Å². The first-order chi connectivity index (χ1) is 13.6. The molecule has 0 fully saturated rings. The Balaban J connectivity index is 1.62. The molecule has 1 amide bonds. The highest BCUT2D eigenvalue weighted by Crippen LogP contribution is 2.17. The number of esters is 1. The second-order valence-electron chi connectivity index (χ2n) is 6.15. The van der Waals surface area contributed by atoms with Crippen molar-refractivity contribution in [2.24, 2.45) is 0 Å². The number of carbonyl (C=O) groups excluding carboxylic acids is 2. The lowest BCUT2D eigenvalue weighted by molar-refractivity contribution is -0.117. The number of rotatable bonds is 6. The van der Waals surface area contributed by atoms with E-state index in [0.717, 1.165) is 16.5 Å². The fraction of sp³-hybridized carbons (Fsp3) is 0.136. The minimum absolute atomic E-state index is 0.00439. The van der Waals surface area contributed by atoms with Gasteiger partial charge in [-0.3, -0.25) is 4.79 Å². The lowest BCUT2D eigenvalue weighted by Gasteiger charge is -2.04. The van der Waals surface area contributed by atoms with Crippen LogP contribution in [0.15, 0.2) is 60.3 Å². The van der Waals surface area contributed by atoms with Gasteiger partial charge in [-0.05, 0) is 41.8 Å². The maximum Gasteiger partial charge on any atom is 0.337 e. The van der Waals surface area contributed by atoms with E-state index in [9.17, 15) is 14.9 Å². The second kappa shape index (κ2) is 8.69. The Morgan fingerprint density at radius 3 is 2.64 bits per heavy atom. The molecule has 3 rings (SSSR count). The normalized spacial score (nSPS) is 11.1. The summed E-state index contributed by atoms with van der Waals surface area (Å²) in [5.74, 6) is -0.870. The van der Waals surface area contributed by atoms with Crippen LogP contribution >= 0.6 is 0 Å². The Bertz CT molecular complexity index is 1070. The monoisotopic (exact) mass is 373 g/mol. The van der Waals surface area contributed by atoms with E-state index in [2.05, 4.69) is 15.0 Å². The number of aromatic nitrogens is 1. The maximum atomic E-state index is 12.3. The van der Waals surface area contributed by atoms with E-state index in [1.165, 1.54) is 13.2 Å². The van der Waals surface area contributed by atoms with Crippen LogP contribution in [0, 0.1) is 11.3 Å². The van der Waals surface area contributed by atoms with E-state index < -0.39 is 11.9 Å². The van der Waals surface area contributed by atoms with Crippen LogP contribution in [-0.4, -0.2) is 30.5 Å². The third-order valence-corrected chi connectivity index (χ3v) is 4.36. The fourth-order valence-electron chi connectivity index (χ4n) is 2.89. The van der Waals surface area contributed by atoms with Crippen LogP contribution in [0.4, 0.5) is 0 Å². The number of benzene rings is 2. The first kappa shape index (κ1) is 18.9. The molecule has 0 aliphatic rings. The number of para-hydroxylation sites is 1. The molecule has 1 aromatic heterocycles. The Labute approximate surface area is 162 Å². The quantitative estimate of drug-likeness (QED) is 0.394. The number of fused-ring (bicyclic) bond motifs is 1. The number of nitrogens with one attached hydrogen (secondary N) is 2. The lowest BCUT2D eigenvalue weighted by atomic mass is 10.1. The van der Waals surface area contributed by atoms with Crippen molar-refractivity contribution < 1.29 is 14.3 Å². The van der Waals surface area contributed by atoms with Crippen LogP contribution in [0.5, 0.6) is 0 Å². The standard InChI is InChI=1S/C22H19N3O3/c1-28-22(27)16-8-6-15(7-9-16)12-18(13-23)21(26)24-11-10-17-14-25-20-5-3-2-4-19(17)20/h2-9,12,14,25H,10-11H2,1H3,(H,24,26)/b18-12+. The van der Waals surface area contributed by atoms with Crippen molar-refractivity contribution >= 4 is 28.9 Å². The first-order valence-corrected chi connectivity index (χ1v) is 8.75. The predicted octanol–water partition coefficient (Wildman–Crippen LogP) is 3.22. The van der Waals surface area contributed by atoms with Gasteiger partial charge in [0, 0.05) is 23.6 Å². The number of methoxy groups -OCH3 is 1. The molecule has 28 heavy (non-hydrogen) atoms. The molecule has 0 aliphatic heterocycles. The van der Waals surface area contributed by atoms with E-state index >= 15 is 0 Å². The third-order valence-electron chi connectivity index (χ3n) is 4.36. The Hall–Kier alpha value is -3.85. The lowest BCUT2D eigenvalue weighted by Crippen LogP contribution is -2.26. The summed E-state index contributed by atoms with van der Waals surface area (Å²) in [6, 6.07) is 16.4. The van der Waals surface area contributed by atoms with Gasteiger partial charge in [0.2, 0.25) is 0 Å². The molecule has 6 nitrogen and oxygen atoms in total. The molecule has 0 radical (unpaired) electrons. The van der Waals surface area contributed by atoms with Gasteiger partial charge in [0.15, 0.2) is 0 Å². The van der Waals surface area contributed by atoms with E-state index in [1.54, 1.807) is 24.3 Å². The van der Waals surface area contributed by atoms with Gasteiger partial charge >= 0.3 is 5.97 Å². The van der Waals surface area contributed by atoms with Gasteiger partial charge in [0.25, 0.3) is 5.91 Å². The number of carbonyl (C=O) groups is 2. The van der Waals surface area contributed by atoms with Crippen LogP contribution in [0.3, 0.4) is 0 Å². The van der Waals surface area contributed by atoms with E-state index in [4.69, 9.17) is 0 Å². The van der Waals surface area contributed by atoms with Gasteiger partial charge in [-0.2, -0.15) is 5.26 Å². The maximum absolute atomic E-state index is 12.3. The molecule has 3 aromatic rings. The molecular weight excluding hydrogens is 354 g/mol. The average molecular weight is 373 g/mol. The highest BCUT2D eigenvalue weighted by Gasteiger charge is 2.10. The molecule has 0 saturated carbocycles. The van der Waals surface area contributed by atoms with Crippen LogP contribution in [0.2, 0.25) is 0 Å². The summed E-state index contributed by atoms with van der Waals surface area (Å²) in [7, 11) is 1.31. The Kier molecular flexibility index (Phi) is 5.87. The second-order valence-corrected chi connectivity index (χ2v) is 6.15. The molecule has 0 spiro atoms. The number of ether oxygens (including phenoxy) is 1. The van der Waals surface area contributed by atoms with Crippen LogP contribution < -0.4 is 5.32 Å². The van der Waals surface area contributed by atoms with Crippen molar-refractivity contribution in [3.63, 3.8) is 0 Å². The van der Waals surface area contributed by atoms with Gasteiger partial charge in [0.05, 0.1) is 12.7 Å². The third kappa shape index (κ3) is 4.27. The molecule has 2 aromatic carbocycles. The topological polar surface area (TPSA) is 95.0 Å². The average Bonchev–Trinajstić information content (AvgIpc) is 3.15. The van der Waals surface area contributed by atoms with E-state index in [1.807, 2.05) is 36.5 Å². The summed E-state index contributed by atoms with van der Waals surface area (Å²) in [6.07, 6.45) is 4.07. The molecule has 2 N–H and O–H groups in total. The number of nitrogens with zero attached hydrogens (tertiary/aromatic N) is 1. The van der Waals surface area contributed by atoms with Gasteiger partial charge in [-0.25, -0.2) is 4.79 Å². The predicted molar refractivity (Wildman–Crippen MR) is 106 cm³/mol. The van der Waals surface area contributed by atoms with Crippen LogP contribution in [0.1, 0.15) is 21.5 Å². The summed E-state index contributed by atoms with van der Waals surface area (Å²) in [5, 5.41) is 13.2. The minimum atomic E-state index is -0.439. The molecule has 0 bridgehead atoms. The summed E-state index contributed by atoms with van der Waals surface area (Å²) < 4.78 is 4.65.